The normalized spacial score (nSPS) is 22.5. The number of hydrogen-bond acceptors (Lipinski definition) is 3. The van der Waals surface area contributed by atoms with Gasteiger partial charge in [0, 0.05) is 23.7 Å². The van der Waals surface area contributed by atoms with Crippen LogP contribution < -0.4 is 5.32 Å². The van der Waals surface area contributed by atoms with E-state index in [2.05, 4.69) is 28.3 Å². The number of pyridine rings is 1. The van der Waals surface area contributed by atoms with E-state index in [1.165, 1.54) is 24.2 Å². The van der Waals surface area contributed by atoms with Crippen LogP contribution in [0.1, 0.15) is 31.0 Å². The zero-order valence-electron chi connectivity index (χ0n) is 10.4. The largest absolute Gasteiger partial charge is 0.362 e. The molecule has 0 saturated carbocycles. The van der Waals surface area contributed by atoms with Gasteiger partial charge >= 0.3 is 0 Å². The molecule has 2 rings (SSSR count). The number of nitrogens with zero attached hydrogens (tertiary/aromatic N) is 2. The lowest BCUT2D eigenvalue weighted by Crippen LogP contribution is -2.37. The highest BCUT2D eigenvalue weighted by Gasteiger charge is 2.15. The Labute approximate surface area is 107 Å². The van der Waals surface area contributed by atoms with Crippen LogP contribution in [-0.2, 0) is 6.54 Å². The van der Waals surface area contributed by atoms with Gasteiger partial charge in [-0.1, -0.05) is 24.8 Å². The van der Waals surface area contributed by atoms with Crippen molar-refractivity contribution in [1.29, 1.82) is 0 Å². The zero-order chi connectivity index (χ0) is 12.1. The molecule has 0 amide bonds. The molecule has 0 bridgehead atoms. The predicted molar refractivity (Wildman–Crippen MR) is 74.4 cm³/mol. The summed E-state index contributed by atoms with van der Waals surface area (Å²) in [5.41, 5.74) is 2.22. The minimum absolute atomic E-state index is 0.603. The number of rotatable bonds is 3. The molecule has 1 saturated heterocycles. The summed E-state index contributed by atoms with van der Waals surface area (Å²) in [7, 11) is 0. The molecule has 1 aliphatic heterocycles. The van der Waals surface area contributed by atoms with E-state index in [-0.39, 0.29) is 0 Å². The van der Waals surface area contributed by atoms with Gasteiger partial charge in [0.2, 0.25) is 0 Å². The first-order valence-electron chi connectivity index (χ1n) is 6.13. The number of aromatic nitrogens is 1. The molecular weight excluding hydrogens is 230 g/mol. The molecule has 0 aliphatic carbocycles. The molecule has 1 unspecified atom stereocenters. The molecule has 1 aromatic rings. The van der Waals surface area contributed by atoms with E-state index < -0.39 is 0 Å². The van der Waals surface area contributed by atoms with Crippen LogP contribution in [0, 0.1) is 6.92 Å². The van der Waals surface area contributed by atoms with Gasteiger partial charge in [-0.15, -0.1) is 0 Å². The van der Waals surface area contributed by atoms with E-state index in [1.54, 1.807) is 0 Å². The van der Waals surface area contributed by atoms with E-state index in [9.17, 15) is 0 Å². The average Bonchev–Trinajstić information content (AvgIpc) is 2.38. The van der Waals surface area contributed by atoms with Gasteiger partial charge < -0.3 is 5.32 Å². The third-order valence-corrected chi connectivity index (χ3v) is 3.86. The van der Waals surface area contributed by atoms with Crippen molar-refractivity contribution in [1.82, 2.24) is 10.3 Å². The van der Waals surface area contributed by atoms with Crippen molar-refractivity contribution in [2.24, 2.45) is 4.99 Å². The highest BCUT2D eigenvalue weighted by Crippen LogP contribution is 2.16. The molecule has 2 heterocycles. The van der Waals surface area contributed by atoms with Gasteiger partial charge in [-0.2, -0.15) is 0 Å². The summed E-state index contributed by atoms with van der Waals surface area (Å²) in [4.78, 5) is 8.89. The Morgan fingerprint density at radius 3 is 3.12 bits per heavy atom. The molecule has 1 aromatic heterocycles. The minimum atomic E-state index is 0.603. The fourth-order valence-corrected chi connectivity index (χ4v) is 2.74. The van der Waals surface area contributed by atoms with Crippen molar-refractivity contribution < 1.29 is 0 Å². The fourth-order valence-electron chi connectivity index (χ4n) is 1.74. The Balaban J connectivity index is 1.93. The summed E-state index contributed by atoms with van der Waals surface area (Å²) in [5, 5.41) is 4.56. The van der Waals surface area contributed by atoms with Crippen molar-refractivity contribution in [2.75, 3.05) is 5.75 Å². The first-order valence-corrected chi connectivity index (χ1v) is 7.12. The van der Waals surface area contributed by atoms with E-state index in [4.69, 9.17) is 0 Å². The Hall–Kier alpha value is -1.03. The van der Waals surface area contributed by atoms with Gasteiger partial charge in [0.15, 0.2) is 5.17 Å². The standard InChI is InChI=1S/C13H19N3S/c1-3-12-6-7-17-13(16-12)15-9-11-5-4-10(2)14-8-11/h4-5,8,12H,3,6-7,9H2,1-2H3,(H,15,16). The molecule has 1 atom stereocenters. The lowest BCUT2D eigenvalue weighted by molar-refractivity contribution is 0.570. The van der Waals surface area contributed by atoms with Crippen LogP contribution in [0.15, 0.2) is 23.3 Å². The first kappa shape index (κ1) is 12.4. The van der Waals surface area contributed by atoms with E-state index in [1.807, 2.05) is 30.9 Å². The lowest BCUT2D eigenvalue weighted by atomic mass is 10.2. The Bertz CT molecular complexity index is 386. The van der Waals surface area contributed by atoms with Crippen molar-refractivity contribution in [3.05, 3.63) is 29.6 Å². The quantitative estimate of drug-likeness (QED) is 0.895. The van der Waals surface area contributed by atoms with E-state index in [0.717, 1.165) is 17.4 Å². The molecule has 3 nitrogen and oxygen atoms in total. The zero-order valence-corrected chi connectivity index (χ0v) is 11.3. The fraction of sp³-hybridized carbons (Fsp3) is 0.538. The number of thioether (sulfide) groups is 1. The Kier molecular flexibility index (Phi) is 4.42. The SMILES string of the molecule is CCC1CCSC(=NCc2ccc(C)nc2)N1. The number of amidine groups is 1. The summed E-state index contributed by atoms with van der Waals surface area (Å²) in [5.74, 6) is 1.18. The van der Waals surface area contributed by atoms with Crippen LogP contribution in [0.4, 0.5) is 0 Å². The highest BCUT2D eigenvalue weighted by atomic mass is 32.2. The maximum absolute atomic E-state index is 4.61. The van der Waals surface area contributed by atoms with Crippen LogP contribution in [0.5, 0.6) is 0 Å². The van der Waals surface area contributed by atoms with Gasteiger partial charge in [0.05, 0.1) is 6.54 Å². The van der Waals surface area contributed by atoms with Crippen molar-refractivity contribution in [2.45, 2.75) is 39.3 Å². The Morgan fingerprint density at radius 1 is 1.53 bits per heavy atom. The van der Waals surface area contributed by atoms with Crippen molar-refractivity contribution >= 4 is 16.9 Å². The lowest BCUT2D eigenvalue weighted by Gasteiger charge is -2.24. The van der Waals surface area contributed by atoms with Crippen LogP contribution in [0.25, 0.3) is 0 Å². The maximum Gasteiger partial charge on any atom is 0.157 e. The van der Waals surface area contributed by atoms with Crippen LogP contribution >= 0.6 is 11.8 Å². The van der Waals surface area contributed by atoms with Crippen LogP contribution in [0.3, 0.4) is 0 Å². The average molecular weight is 249 g/mol. The van der Waals surface area contributed by atoms with Crippen molar-refractivity contribution in [3.63, 3.8) is 0 Å². The smallest absolute Gasteiger partial charge is 0.157 e. The van der Waals surface area contributed by atoms with Crippen molar-refractivity contribution in [3.8, 4) is 0 Å². The maximum atomic E-state index is 4.61. The molecule has 1 fully saturated rings. The third kappa shape index (κ3) is 3.73. The van der Waals surface area contributed by atoms with E-state index >= 15 is 0 Å². The molecule has 0 spiro atoms. The second kappa shape index (κ2) is 6.05. The third-order valence-electron chi connectivity index (χ3n) is 2.90. The van der Waals surface area contributed by atoms with Gasteiger partial charge in [-0.05, 0) is 31.4 Å². The summed E-state index contributed by atoms with van der Waals surface area (Å²) in [6.07, 6.45) is 4.32. The summed E-state index contributed by atoms with van der Waals surface area (Å²) >= 11 is 1.82. The second-order valence-corrected chi connectivity index (χ2v) is 5.40. The molecule has 0 radical (unpaired) electrons. The molecule has 4 heteroatoms. The molecule has 1 N–H and O–H groups in total. The van der Waals surface area contributed by atoms with Gasteiger partial charge in [-0.3, -0.25) is 9.98 Å². The number of aliphatic imine (C=N–C) groups is 1. The molecule has 1 aliphatic rings. The monoisotopic (exact) mass is 249 g/mol. The summed E-state index contributed by atoms with van der Waals surface area (Å²) in [6.45, 7) is 4.94. The molecular formula is C13H19N3S. The number of aryl methyl sites for hydroxylation is 1. The van der Waals surface area contributed by atoms with Gasteiger partial charge in [-0.25, -0.2) is 0 Å². The van der Waals surface area contributed by atoms with Crippen LogP contribution in [-0.4, -0.2) is 21.9 Å². The molecule has 17 heavy (non-hydrogen) atoms. The number of nitrogens with one attached hydrogen (secondary N) is 1. The first-order chi connectivity index (χ1) is 8.28. The molecule has 92 valence electrons. The topological polar surface area (TPSA) is 37.3 Å². The van der Waals surface area contributed by atoms with Gasteiger partial charge in [0.25, 0.3) is 0 Å². The second-order valence-electron chi connectivity index (χ2n) is 4.32. The van der Waals surface area contributed by atoms with Gasteiger partial charge in [0.1, 0.15) is 0 Å². The molecule has 0 aromatic carbocycles. The Morgan fingerprint density at radius 2 is 2.41 bits per heavy atom. The predicted octanol–water partition coefficient (Wildman–Crippen LogP) is 2.75. The number of hydrogen-bond donors (Lipinski definition) is 1. The van der Waals surface area contributed by atoms with Crippen LogP contribution in [0.2, 0.25) is 0 Å². The highest BCUT2D eigenvalue weighted by molar-refractivity contribution is 8.13. The summed E-state index contributed by atoms with van der Waals surface area (Å²) in [6, 6.07) is 4.73. The summed E-state index contributed by atoms with van der Waals surface area (Å²) < 4.78 is 0. The minimum Gasteiger partial charge on any atom is -0.362 e. The van der Waals surface area contributed by atoms with E-state index in [0.29, 0.717) is 6.04 Å².